The Kier molecular flexibility index (Phi) is 47.5. The van der Waals surface area contributed by atoms with Crippen LogP contribution in [0.15, 0.2) is 24.3 Å². The van der Waals surface area contributed by atoms with Gasteiger partial charge >= 0.3 is 0 Å². The van der Waals surface area contributed by atoms with Crippen molar-refractivity contribution in [3.05, 3.63) is 57.6 Å². The standard InChI is InChI=1S/C66H118O3.Mo/c1-7-13-19-25-31-37-43-49-59-55-57-65(63(53-47-41-35-29-23-17-11-5)61(59)51-45-39-33-27-21-15-9-3)67-69-68-66-58-56-60(50-44-38-32-26-20-14-8-2)62(52-46-40-34-28-22-16-10-4)64(66)54-48-42-36-30-24-18-12-6;/h55-58H,7-54H2,1-6H3;. The van der Waals surface area contributed by atoms with Gasteiger partial charge in [0.05, 0.1) is 0 Å². The van der Waals surface area contributed by atoms with Crippen LogP contribution in [0.25, 0.3) is 0 Å². The molecule has 0 aliphatic heterocycles. The van der Waals surface area contributed by atoms with E-state index in [0.29, 0.717) is 0 Å². The van der Waals surface area contributed by atoms with Gasteiger partial charge < -0.3 is 0 Å². The average Bonchev–Trinajstić information content (AvgIpc) is 3.36. The van der Waals surface area contributed by atoms with Crippen LogP contribution in [-0.4, -0.2) is 0 Å². The van der Waals surface area contributed by atoms with Crippen molar-refractivity contribution in [3.8, 4) is 11.5 Å². The molecule has 0 fully saturated rings. The topological polar surface area (TPSA) is 27.7 Å². The van der Waals surface area contributed by atoms with E-state index in [1.54, 1.807) is 22.3 Å². The third-order valence-electron chi connectivity index (χ3n) is 15.4. The van der Waals surface area contributed by atoms with Gasteiger partial charge in [0.1, 0.15) is 0 Å². The first kappa shape index (κ1) is 66.7. The molecule has 0 spiro atoms. The normalized spacial score (nSPS) is 11.4. The molecule has 4 heteroatoms. The van der Waals surface area contributed by atoms with Crippen LogP contribution >= 0.6 is 0 Å². The second kappa shape index (κ2) is 49.9. The summed E-state index contributed by atoms with van der Waals surface area (Å²) in [4.78, 5) is 12.9. The molecule has 0 bridgehead atoms. The third kappa shape index (κ3) is 33.5. The van der Waals surface area contributed by atoms with Gasteiger partial charge in [-0.05, 0) is 111 Å². The number of unbranched alkanes of at least 4 members (excludes halogenated alkanes) is 36. The predicted octanol–water partition coefficient (Wildman–Crippen LogP) is 22.7. The monoisotopic (exact) mass is 1060 g/mol. The molecule has 0 atom stereocenters. The molecule has 2 rings (SSSR count). The van der Waals surface area contributed by atoms with E-state index < -0.39 is 0 Å². The molecule has 2 aromatic carbocycles. The second-order valence-corrected chi connectivity index (χ2v) is 21.8. The molecule has 406 valence electrons. The van der Waals surface area contributed by atoms with Gasteiger partial charge in [0, 0.05) is 37.2 Å². The molecular formula is C66H118MoO3. The molecule has 0 aliphatic rings. The van der Waals surface area contributed by atoms with Crippen molar-refractivity contribution in [3.63, 3.8) is 0 Å². The van der Waals surface area contributed by atoms with Crippen LogP contribution in [-0.2, 0) is 64.6 Å². The zero-order chi connectivity index (χ0) is 49.5. The van der Waals surface area contributed by atoms with Gasteiger partial charge in [-0.2, -0.15) is 0 Å². The number of aryl methyl sites for hydroxylation is 2. The minimum atomic E-state index is 0. The minimum absolute atomic E-state index is 0. The van der Waals surface area contributed by atoms with Gasteiger partial charge in [-0.3, -0.25) is 9.78 Å². The fourth-order valence-corrected chi connectivity index (χ4v) is 10.9. The molecule has 0 N–H and O–H groups in total. The minimum Gasteiger partial charge on any atom is -0.299 e. The first-order chi connectivity index (χ1) is 34.1. The van der Waals surface area contributed by atoms with Gasteiger partial charge in [0.25, 0.3) is 0 Å². The van der Waals surface area contributed by atoms with Crippen LogP contribution in [0.1, 0.15) is 345 Å². The molecule has 0 heterocycles. The van der Waals surface area contributed by atoms with Crippen molar-refractivity contribution < 1.29 is 35.9 Å². The fourth-order valence-electron chi connectivity index (χ4n) is 10.9. The maximum Gasteiger partial charge on any atom is 0.173 e. The van der Waals surface area contributed by atoms with Crippen molar-refractivity contribution in [2.75, 3.05) is 0 Å². The summed E-state index contributed by atoms with van der Waals surface area (Å²) in [6.07, 6.45) is 62.9. The van der Waals surface area contributed by atoms with Gasteiger partial charge in [-0.15, -0.1) is 0 Å². The summed E-state index contributed by atoms with van der Waals surface area (Å²) >= 11 is 0. The number of benzene rings is 2. The summed E-state index contributed by atoms with van der Waals surface area (Å²) in [6, 6.07) is 9.26. The number of rotatable bonds is 52. The molecule has 70 heavy (non-hydrogen) atoms. The van der Waals surface area contributed by atoms with Crippen LogP contribution in [0.3, 0.4) is 0 Å². The van der Waals surface area contributed by atoms with Crippen LogP contribution in [0.4, 0.5) is 0 Å². The third-order valence-corrected chi connectivity index (χ3v) is 15.4. The summed E-state index contributed by atoms with van der Waals surface area (Å²) < 4.78 is 0. The van der Waals surface area contributed by atoms with E-state index in [1.165, 1.54) is 294 Å². The molecule has 0 unspecified atom stereocenters. The maximum absolute atomic E-state index is 6.45. The van der Waals surface area contributed by atoms with Crippen molar-refractivity contribution in [2.24, 2.45) is 0 Å². The first-order valence-corrected chi connectivity index (χ1v) is 31.4. The van der Waals surface area contributed by atoms with Crippen LogP contribution in [0, 0.1) is 0 Å². The van der Waals surface area contributed by atoms with Gasteiger partial charge in [-0.25, -0.2) is 0 Å². The summed E-state index contributed by atoms with van der Waals surface area (Å²) in [5.41, 5.74) is 9.03. The van der Waals surface area contributed by atoms with Crippen molar-refractivity contribution >= 4 is 0 Å². The smallest absolute Gasteiger partial charge is 0.173 e. The Morgan fingerprint density at radius 3 is 0.671 bits per heavy atom. The van der Waals surface area contributed by atoms with E-state index in [-0.39, 0.29) is 21.1 Å². The Hall–Kier alpha value is -1.31. The van der Waals surface area contributed by atoms with Crippen molar-refractivity contribution in [1.29, 1.82) is 0 Å². The Morgan fingerprint density at radius 2 is 0.429 bits per heavy atom. The number of hydrogen-bond donors (Lipinski definition) is 0. The van der Waals surface area contributed by atoms with Crippen LogP contribution in [0.5, 0.6) is 11.5 Å². The van der Waals surface area contributed by atoms with Crippen molar-refractivity contribution in [1.82, 2.24) is 0 Å². The molecule has 0 aromatic heterocycles. The SMILES string of the molecule is CCCCCCCCCc1ccc(OOOc2ccc(CCCCCCCCC)c(CCCCCCCCC)c2CCCCCCCCC)c(CCCCCCCCC)c1CCCCCCCCC.[Mo]. The van der Waals surface area contributed by atoms with Crippen molar-refractivity contribution in [2.45, 2.75) is 350 Å². The quantitative estimate of drug-likeness (QED) is 0.0286. The Labute approximate surface area is 452 Å². The van der Waals surface area contributed by atoms with E-state index in [0.717, 1.165) is 37.2 Å². The zero-order valence-electron chi connectivity index (χ0n) is 47.9. The predicted molar refractivity (Wildman–Crippen MR) is 305 cm³/mol. The largest absolute Gasteiger partial charge is 0.299 e. The molecule has 0 saturated heterocycles. The maximum atomic E-state index is 6.45. The van der Waals surface area contributed by atoms with E-state index in [2.05, 4.69) is 65.8 Å². The van der Waals surface area contributed by atoms with Gasteiger partial charge in [-0.1, -0.05) is 285 Å². The Balaban J connectivity index is 0.0000245. The first-order valence-electron chi connectivity index (χ1n) is 31.4. The molecule has 0 amide bonds. The molecular weight excluding hydrogens is 937 g/mol. The summed E-state index contributed by atoms with van der Waals surface area (Å²) in [5, 5.41) is 6.07. The fraction of sp³-hybridized carbons (Fsp3) is 0.818. The summed E-state index contributed by atoms with van der Waals surface area (Å²) in [6.45, 7) is 13.9. The van der Waals surface area contributed by atoms with Crippen LogP contribution < -0.4 is 9.78 Å². The Bertz CT molecular complexity index is 1320. The van der Waals surface area contributed by atoms with E-state index in [4.69, 9.17) is 14.8 Å². The molecule has 0 aliphatic carbocycles. The van der Waals surface area contributed by atoms with E-state index in [9.17, 15) is 0 Å². The summed E-state index contributed by atoms with van der Waals surface area (Å²) in [5.74, 6) is 1.77. The second-order valence-electron chi connectivity index (χ2n) is 21.8. The Morgan fingerprint density at radius 1 is 0.229 bits per heavy atom. The average molecular weight is 1060 g/mol. The number of hydrogen-bond acceptors (Lipinski definition) is 3. The molecule has 0 saturated carbocycles. The van der Waals surface area contributed by atoms with E-state index in [1.807, 2.05) is 0 Å². The molecule has 2 aromatic rings. The van der Waals surface area contributed by atoms with Crippen LogP contribution in [0.2, 0.25) is 0 Å². The molecule has 3 nitrogen and oxygen atoms in total. The summed E-state index contributed by atoms with van der Waals surface area (Å²) in [7, 11) is 0. The van der Waals surface area contributed by atoms with Gasteiger partial charge in [0.15, 0.2) is 11.5 Å². The van der Waals surface area contributed by atoms with Gasteiger partial charge in [0.2, 0.25) is 0 Å². The molecule has 0 radical (unpaired) electrons. The zero-order valence-corrected chi connectivity index (χ0v) is 49.9. The van der Waals surface area contributed by atoms with E-state index >= 15 is 0 Å².